The Bertz CT molecular complexity index is 1500. The minimum atomic E-state index is -0.448. The highest BCUT2D eigenvalue weighted by molar-refractivity contribution is 6.04. The lowest BCUT2D eigenvalue weighted by Crippen LogP contribution is -2.23. The molecule has 0 saturated heterocycles. The maximum Gasteiger partial charge on any atom is 0.272 e. The van der Waals surface area contributed by atoms with Crippen LogP contribution in [0.25, 0.3) is 22.3 Å². The van der Waals surface area contributed by atoms with Crippen molar-refractivity contribution in [2.45, 2.75) is 13.1 Å². The summed E-state index contributed by atoms with van der Waals surface area (Å²) in [6.07, 6.45) is 0. The van der Waals surface area contributed by atoms with E-state index in [0.29, 0.717) is 28.8 Å². The molecule has 34 heavy (non-hydrogen) atoms. The molecule has 9 nitrogen and oxygen atoms in total. The third kappa shape index (κ3) is 4.22. The number of benzene rings is 3. The fourth-order valence-electron chi connectivity index (χ4n) is 3.62. The van der Waals surface area contributed by atoms with Gasteiger partial charge in [-0.25, -0.2) is 4.39 Å². The second kappa shape index (κ2) is 8.91. The molecule has 1 amide bonds. The number of nitrogens with zero attached hydrogens (tertiary/aromatic N) is 6. The van der Waals surface area contributed by atoms with E-state index in [-0.39, 0.29) is 12.2 Å². The minimum Gasteiger partial charge on any atom is -0.347 e. The zero-order chi connectivity index (χ0) is 23.5. The smallest absolute Gasteiger partial charge is 0.272 e. The first kappa shape index (κ1) is 21.0. The van der Waals surface area contributed by atoms with Gasteiger partial charge in [0, 0.05) is 17.5 Å². The van der Waals surface area contributed by atoms with Gasteiger partial charge in [-0.3, -0.25) is 9.48 Å². The monoisotopic (exact) mass is 452 g/mol. The van der Waals surface area contributed by atoms with Crippen molar-refractivity contribution in [3.8, 4) is 17.5 Å². The Morgan fingerprint density at radius 2 is 1.82 bits per heavy atom. The summed E-state index contributed by atoms with van der Waals surface area (Å²) < 4.78 is 15.6. The Labute approximate surface area is 192 Å². The van der Waals surface area contributed by atoms with Crippen molar-refractivity contribution in [3.63, 3.8) is 0 Å². The summed E-state index contributed by atoms with van der Waals surface area (Å²) in [7, 11) is 0. The molecule has 0 bridgehead atoms. The van der Waals surface area contributed by atoms with E-state index in [4.69, 9.17) is 5.26 Å². The molecule has 166 valence electrons. The number of carbonyl (C=O) groups is 1. The molecule has 0 atom stereocenters. The zero-order valence-corrected chi connectivity index (χ0v) is 17.7. The Morgan fingerprint density at radius 3 is 2.53 bits per heavy atom. The van der Waals surface area contributed by atoms with E-state index >= 15 is 0 Å². The molecule has 5 rings (SSSR count). The quantitative estimate of drug-likeness (QED) is 0.408. The highest BCUT2D eigenvalue weighted by atomic mass is 19.1. The SMILES string of the molecule is N#Cc1ccc(Cn2nc(C(=O)NCc3ccc(-c4nn[nH]n4)cc3)c3cc(F)ccc32)cc1. The molecule has 0 aliphatic carbocycles. The summed E-state index contributed by atoms with van der Waals surface area (Å²) in [4.78, 5) is 13.0. The number of hydrogen-bond acceptors (Lipinski definition) is 6. The highest BCUT2D eigenvalue weighted by Crippen LogP contribution is 2.22. The molecule has 2 N–H and O–H groups in total. The van der Waals surface area contributed by atoms with Gasteiger partial charge in [0.2, 0.25) is 5.82 Å². The number of hydrogen-bond donors (Lipinski definition) is 2. The van der Waals surface area contributed by atoms with Gasteiger partial charge in [0.15, 0.2) is 5.69 Å². The normalized spacial score (nSPS) is 10.8. The van der Waals surface area contributed by atoms with Crippen LogP contribution in [0.5, 0.6) is 0 Å². The van der Waals surface area contributed by atoms with Crippen molar-refractivity contribution < 1.29 is 9.18 Å². The van der Waals surface area contributed by atoms with Crippen LogP contribution in [0.1, 0.15) is 27.2 Å². The number of H-pyrrole nitrogens is 1. The Kier molecular flexibility index (Phi) is 5.50. The van der Waals surface area contributed by atoms with Crippen LogP contribution in [0, 0.1) is 17.1 Å². The van der Waals surface area contributed by atoms with Crippen LogP contribution in [-0.4, -0.2) is 36.3 Å². The van der Waals surface area contributed by atoms with Crippen molar-refractivity contribution >= 4 is 16.8 Å². The first-order chi connectivity index (χ1) is 16.6. The van der Waals surface area contributed by atoms with E-state index in [1.165, 1.54) is 12.1 Å². The van der Waals surface area contributed by atoms with Crippen molar-refractivity contribution in [1.82, 2.24) is 35.7 Å². The standard InChI is InChI=1S/C24H17FN8O/c25-19-9-10-21-20(11-19)22(30-33(21)14-17-3-1-15(12-26)2-4-17)24(34)27-13-16-5-7-18(8-6-16)23-28-31-32-29-23/h1-11H,13-14H2,(H,27,34)(H,28,29,31,32). The first-order valence-electron chi connectivity index (χ1n) is 10.4. The van der Waals surface area contributed by atoms with Gasteiger partial charge in [-0.05, 0) is 46.7 Å². The number of aromatic amines is 1. The fourth-order valence-corrected chi connectivity index (χ4v) is 3.62. The molecule has 2 aromatic heterocycles. The van der Waals surface area contributed by atoms with E-state index in [0.717, 1.165) is 16.7 Å². The second-order valence-corrected chi connectivity index (χ2v) is 7.59. The Hall–Kier alpha value is -4.91. The number of fused-ring (bicyclic) bond motifs is 1. The molecular formula is C24H17FN8O. The third-order valence-corrected chi connectivity index (χ3v) is 5.35. The topological polar surface area (TPSA) is 125 Å². The van der Waals surface area contributed by atoms with E-state index < -0.39 is 11.7 Å². The van der Waals surface area contributed by atoms with Crippen LogP contribution < -0.4 is 5.32 Å². The largest absolute Gasteiger partial charge is 0.347 e. The molecule has 0 radical (unpaired) electrons. The number of amides is 1. The number of nitrogens with one attached hydrogen (secondary N) is 2. The predicted molar refractivity (Wildman–Crippen MR) is 121 cm³/mol. The van der Waals surface area contributed by atoms with Crippen molar-refractivity contribution in [2.24, 2.45) is 0 Å². The van der Waals surface area contributed by atoms with Crippen LogP contribution >= 0.6 is 0 Å². The summed E-state index contributed by atoms with van der Waals surface area (Å²) in [6.45, 7) is 0.642. The molecule has 0 fully saturated rings. The van der Waals surface area contributed by atoms with Gasteiger partial charge in [-0.1, -0.05) is 36.4 Å². The molecule has 5 aromatic rings. The predicted octanol–water partition coefficient (Wildman–Crippen LogP) is 3.21. The van der Waals surface area contributed by atoms with Crippen LogP contribution in [0.4, 0.5) is 4.39 Å². The zero-order valence-electron chi connectivity index (χ0n) is 17.7. The molecule has 0 aliphatic heterocycles. The molecule has 0 spiro atoms. The lowest BCUT2D eigenvalue weighted by atomic mass is 10.1. The molecule has 10 heteroatoms. The molecule has 3 aromatic carbocycles. The number of aromatic nitrogens is 6. The van der Waals surface area contributed by atoms with E-state index in [1.54, 1.807) is 22.9 Å². The number of nitriles is 1. The second-order valence-electron chi connectivity index (χ2n) is 7.59. The highest BCUT2D eigenvalue weighted by Gasteiger charge is 2.18. The summed E-state index contributed by atoms with van der Waals surface area (Å²) >= 11 is 0. The summed E-state index contributed by atoms with van der Waals surface area (Å²) in [5, 5.41) is 30.6. The maximum atomic E-state index is 14.0. The van der Waals surface area contributed by atoms with Gasteiger partial charge < -0.3 is 5.32 Å². The molecule has 2 heterocycles. The van der Waals surface area contributed by atoms with Gasteiger partial charge in [0.25, 0.3) is 5.91 Å². The molecular weight excluding hydrogens is 435 g/mol. The summed E-state index contributed by atoms with van der Waals surface area (Å²) in [6, 6.07) is 20.8. The van der Waals surface area contributed by atoms with Crippen LogP contribution in [-0.2, 0) is 13.1 Å². The third-order valence-electron chi connectivity index (χ3n) is 5.35. The van der Waals surface area contributed by atoms with E-state index in [1.807, 2.05) is 36.4 Å². The average Bonchev–Trinajstić information content (AvgIpc) is 3.52. The van der Waals surface area contributed by atoms with Gasteiger partial charge in [0.1, 0.15) is 5.82 Å². The van der Waals surface area contributed by atoms with Crippen molar-refractivity contribution in [2.75, 3.05) is 0 Å². The number of carbonyl (C=O) groups excluding carboxylic acids is 1. The molecule has 0 unspecified atom stereocenters. The summed E-state index contributed by atoms with van der Waals surface area (Å²) in [5.74, 6) is -0.371. The first-order valence-corrected chi connectivity index (χ1v) is 10.4. The van der Waals surface area contributed by atoms with E-state index in [9.17, 15) is 9.18 Å². The molecule has 0 aliphatic rings. The van der Waals surface area contributed by atoms with Gasteiger partial charge >= 0.3 is 0 Å². The van der Waals surface area contributed by atoms with E-state index in [2.05, 4.69) is 37.1 Å². The lowest BCUT2D eigenvalue weighted by Gasteiger charge is -2.05. The number of halogens is 1. The minimum absolute atomic E-state index is 0.145. The van der Waals surface area contributed by atoms with Crippen molar-refractivity contribution in [1.29, 1.82) is 5.26 Å². The van der Waals surface area contributed by atoms with Crippen LogP contribution in [0.15, 0.2) is 66.7 Å². The van der Waals surface area contributed by atoms with Gasteiger partial charge in [-0.2, -0.15) is 15.6 Å². The summed E-state index contributed by atoms with van der Waals surface area (Å²) in [5.41, 5.74) is 3.91. The fraction of sp³-hybridized carbons (Fsp3) is 0.0833. The Morgan fingerprint density at radius 1 is 1.06 bits per heavy atom. The van der Waals surface area contributed by atoms with Crippen LogP contribution in [0.2, 0.25) is 0 Å². The Balaban J connectivity index is 1.36. The lowest BCUT2D eigenvalue weighted by molar-refractivity contribution is 0.0946. The van der Waals surface area contributed by atoms with Crippen molar-refractivity contribution in [3.05, 3.63) is 94.9 Å². The molecule has 0 saturated carbocycles. The number of rotatable bonds is 6. The van der Waals surface area contributed by atoms with Crippen LogP contribution in [0.3, 0.4) is 0 Å². The van der Waals surface area contributed by atoms with Gasteiger partial charge in [0.05, 0.1) is 23.7 Å². The number of tetrazole rings is 1. The average molecular weight is 452 g/mol. The van der Waals surface area contributed by atoms with Gasteiger partial charge in [-0.15, -0.1) is 10.2 Å². The maximum absolute atomic E-state index is 14.0.